The summed E-state index contributed by atoms with van der Waals surface area (Å²) in [6, 6.07) is 24.3. The van der Waals surface area contributed by atoms with Gasteiger partial charge >= 0.3 is 6.18 Å². The van der Waals surface area contributed by atoms with E-state index in [1.54, 1.807) is 18.3 Å². The van der Waals surface area contributed by atoms with Gasteiger partial charge in [0.2, 0.25) is 18.1 Å². The number of hydrogen-bond acceptors (Lipinski definition) is 6. The summed E-state index contributed by atoms with van der Waals surface area (Å²) in [6.07, 6.45) is -3.66. The first-order chi connectivity index (χ1) is 17.6. The second kappa shape index (κ2) is 11.9. The van der Waals surface area contributed by atoms with Crippen molar-refractivity contribution < 1.29 is 27.6 Å². The monoisotopic (exact) mass is 508 g/mol. The van der Waals surface area contributed by atoms with Crippen molar-refractivity contribution in [1.82, 2.24) is 9.88 Å². The van der Waals surface area contributed by atoms with E-state index in [4.69, 9.17) is 10.5 Å². The lowest BCUT2D eigenvalue weighted by Crippen LogP contribution is -2.63. The lowest BCUT2D eigenvalue weighted by molar-refractivity contribution is -0.163. The van der Waals surface area contributed by atoms with Crippen LogP contribution in [0.3, 0.4) is 0 Å². The molecule has 4 rings (SSSR count). The Morgan fingerprint density at radius 1 is 1.08 bits per heavy atom. The quantitative estimate of drug-likeness (QED) is 0.397. The Hall–Kier alpha value is -4.52. The largest absolute Gasteiger partial charge is 0.446 e. The van der Waals surface area contributed by atoms with Crippen LogP contribution in [0, 0.1) is 17.2 Å². The third-order valence-electron chi connectivity index (χ3n) is 5.83. The summed E-state index contributed by atoms with van der Waals surface area (Å²) in [5.41, 5.74) is 8.52. The number of nitrogen functional groups attached to an aromatic ring is 1. The topological polar surface area (TPSA) is 117 Å². The number of pyridine rings is 1. The van der Waals surface area contributed by atoms with E-state index in [1.165, 1.54) is 0 Å². The number of β-lactam (4-membered cyclic amide) rings is 1. The predicted octanol–water partition coefficient (Wildman–Crippen LogP) is 4.05. The summed E-state index contributed by atoms with van der Waals surface area (Å²) in [5, 5.41) is 9.66. The first kappa shape index (κ1) is 27.1. The molecular weight excluding hydrogens is 485 g/mol. The number of nitrogens with two attached hydrogens (primary N) is 1. The highest BCUT2D eigenvalue weighted by Gasteiger charge is 2.50. The minimum atomic E-state index is -4.64. The molecule has 1 fully saturated rings. The van der Waals surface area contributed by atoms with Gasteiger partial charge in [-0.25, -0.2) is 4.98 Å². The number of amides is 2. The van der Waals surface area contributed by atoms with E-state index in [-0.39, 0.29) is 24.2 Å². The number of carbonyl (C=O) groups is 3. The third-order valence-corrected chi connectivity index (χ3v) is 5.83. The zero-order valence-corrected chi connectivity index (χ0v) is 19.5. The van der Waals surface area contributed by atoms with Crippen molar-refractivity contribution in [3.8, 4) is 6.07 Å². The van der Waals surface area contributed by atoms with E-state index < -0.39 is 24.4 Å². The number of benzene rings is 2. The minimum Gasteiger partial charge on any atom is -0.384 e. The molecule has 0 saturated carbocycles. The molecule has 0 unspecified atom stereocenters. The van der Waals surface area contributed by atoms with Crippen molar-refractivity contribution in [2.75, 3.05) is 5.73 Å². The van der Waals surface area contributed by atoms with Crippen molar-refractivity contribution in [3.05, 3.63) is 95.7 Å². The summed E-state index contributed by atoms with van der Waals surface area (Å²) in [4.78, 5) is 39.7. The number of rotatable bonds is 6. The highest BCUT2D eigenvalue weighted by molar-refractivity contribution is 6.03. The van der Waals surface area contributed by atoms with Gasteiger partial charge in [0.15, 0.2) is 0 Å². The van der Waals surface area contributed by atoms with Crippen LogP contribution in [0.4, 0.5) is 19.0 Å². The van der Waals surface area contributed by atoms with Crippen LogP contribution in [-0.4, -0.2) is 40.2 Å². The number of aldehydes is 1. The lowest BCUT2D eigenvalue weighted by atomic mass is 9.81. The second-order valence-corrected chi connectivity index (χ2v) is 8.31. The summed E-state index contributed by atoms with van der Waals surface area (Å²) >= 11 is 0. The number of alkyl halides is 3. The number of likely N-dealkylation sites (tertiary alicyclic amines) is 1. The fourth-order valence-corrected chi connectivity index (χ4v) is 4.12. The maximum atomic E-state index is 13.1. The Morgan fingerprint density at radius 3 is 2.08 bits per heavy atom. The van der Waals surface area contributed by atoms with Gasteiger partial charge in [0.05, 0.1) is 12.0 Å². The van der Waals surface area contributed by atoms with E-state index in [0.29, 0.717) is 12.2 Å². The maximum Gasteiger partial charge on any atom is 0.446 e. The molecule has 7 nitrogen and oxygen atoms in total. The third kappa shape index (κ3) is 7.01. The van der Waals surface area contributed by atoms with Gasteiger partial charge in [-0.15, -0.1) is 0 Å². The van der Waals surface area contributed by atoms with E-state index in [2.05, 4.69) is 11.1 Å². The number of carbonyl (C=O) groups excluding carboxylic acids is 3. The molecule has 0 bridgehead atoms. The molecule has 2 atom stereocenters. The van der Waals surface area contributed by atoms with Gasteiger partial charge in [-0.05, 0) is 35.2 Å². The summed E-state index contributed by atoms with van der Waals surface area (Å²) < 4.78 is 31.2. The summed E-state index contributed by atoms with van der Waals surface area (Å²) in [6.45, 7) is 0. The van der Waals surface area contributed by atoms with Crippen LogP contribution < -0.4 is 5.73 Å². The van der Waals surface area contributed by atoms with Crippen molar-refractivity contribution in [1.29, 1.82) is 5.26 Å². The van der Waals surface area contributed by atoms with E-state index in [9.17, 15) is 28.0 Å². The minimum absolute atomic E-state index is 0.118. The number of nitrogens with zero attached hydrogens (tertiary/aromatic N) is 3. The normalized spacial score (nSPS) is 16.7. The first-order valence-corrected chi connectivity index (χ1v) is 11.2. The highest BCUT2D eigenvalue weighted by Crippen LogP contribution is 2.34. The molecule has 3 aromatic rings. The molecule has 190 valence electrons. The molecule has 37 heavy (non-hydrogen) atoms. The van der Waals surface area contributed by atoms with Gasteiger partial charge in [0.1, 0.15) is 11.9 Å². The highest BCUT2D eigenvalue weighted by atomic mass is 19.4. The smallest absolute Gasteiger partial charge is 0.384 e. The van der Waals surface area contributed by atoms with Crippen molar-refractivity contribution >= 4 is 23.9 Å². The molecule has 1 aliphatic heterocycles. The van der Waals surface area contributed by atoms with Crippen LogP contribution in [0.25, 0.3) is 0 Å². The van der Waals surface area contributed by atoms with Crippen LogP contribution >= 0.6 is 0 Å². The molecule has 1 aromatic heterocycles. The SMILES string of the molecule is N#C[C@@H]1[C@@H](Cc2ccnc(N)c2)C(=O)N1C(=O)CC(c1ccccc1)c1ccccc1.O=CC(F)(F)F. The Bertz CT molecular complexity index is 1240. The van der Waals surface area contributed by atoms with Crippen LogP contribution in [0.15, 0.2) is 79.0 Å². The molecule has 2 N–H and O–H groups in total. The number of hydrogen-bond donors (Lipinski definition) is 1. The zero-order chi connectivity index (χ0) is 27.0. The van der Waals surface area contributed by atoms with E-state index in [1.807, 2.05) is 60.7 Å². The molecule has 0 radical (unpaired) electrons. The van der Waals surface area contributed by atoms with E-state index in [0.717, 1.165) is 21.6 Å². The Kier molecular flexibility index (Phi) is 8.74. The molecule has 0 aliphatic carbocycles. The molecule has 2 heterocycles. The average Bonchev–Trinajstić information content (AvgIpc) is 2.89. The first-order valence-electron chi connectivity index (χ1n) is 11.2. The van der Waals surface area contributed by atoms with Gasteiger partial charge in [-0.2, -0.15) is 18.4 Å². The molecule has 1 saturated heterocycles. The van der Waals surface area contributed by atoms with Crippen molar-refractivity contribution in [2.45, 2.75) is 31.0 Å². The summed E-state index contributed by atoms with van der Waals surface area (Å²) in [7, 11) is 0. The number of aromatic nitrogens is 1. The lowest BCUT2D eigenvalue weighted by Gasteiger charge is -2.42. The number of halogens is 3. The van der Waals surface area contributed by atoms with Gasteiger partial charge in [0, 0.05) is 18.5 Å². The van der Waals surface area contributed by atoms with Gasteiger partial charge < -0.3 is 5.73 Å². The van der Waals surface area contributed by atoms with E-state index >= 15 is 0 Å². The Labute approximate surface area is 211 Å². The van der Waals surface area contributed by atoms with Gasteiger partial charge in [0.25, 0.3) is 0 Å². The predicted molar refractivity (Wildman–Crippen MR) is 129 cm³/mol. The van der Waals surface area contributed by atoms with Crippen LogP contribution in [0.5, 0.6) is 0 Å². The molecule has 2 amide bonds. The van der Waals surface area contributed by atoms with Gasteiger partial charge in [-0.1, -0.05) is 60.7 Å². The standard InChI is InChI=1S/C25H22N4O2.C2HF3O/c26-16-22-21(13-17-11-12-28-23(27)14-17)25(31)29(22)24(30)15-20(18-7-3-1-4-8-18)19-9-5-2-6-10-19;3-2(4,5)1-6/h1-12,14,20-22H,13,15H2,(H2,27,28);1H/t21-,22-;/m1./s1. The average molecular weight is 509 g/mol. The second-order valence-electron chi connectivity index (χ2n) is 8.31. The molecule has 0 spiro atoms. The Morgan fingerprint density at radius 2 is 1.62 bits per heavy atom. The Balaban J connectivity index is 0.000000568. The van der Waals surface area contributed by atoms with Crippen LogP contribution in [0.2, 0.25) is 0 Å². The number of imide groups is 1. The maximum absolute atomic E-state index is 13.1. The molecular formula is C27H23F3N4O3. The zero-order valence-electron chi connectivity index (χ0n) is 19.5. The molecule has 10 heteroatoms. The molecule has 1 aliphatic rings. The number of anilines is 1. The fourth-order valence-electron chi connectivity index (χ4n) is 4.12. The van der Waals surface area contributed by atoms with Crippen LogP contribution in [0.1, 0.15) is 29.0 Å². The van der Waals surface area contributed by atoms with Gasteiger partial charge in [-0.3, -0.25) is 19.3 Å². The van der Waals surface area contributed by atoms with Crippen molar-refractivity contribution in [3.63, 3.8) is 0 Å². The van der Waals surface area contributed by atoms with Crippen LogP contribution in [-0.2, 0) is 20.8 Å². The summed E-state index contributed by atoms with van der Waals surface area (Å²) in [5.74, 6) is -1.03. The van der Waals surface area contributed by atoms with Crippen molar-refractivity contribution in [2.24, 2.45) is 5.92 Å². The number of nitriles is 1. The fraction of sp³-hybridized carbons (Fsp3) is 0.222. The molecule has 2 aromatic carbocycles.